The Labute approximate surface area is 242 Å². The number of pyridine rings is 1. The Balaban J connectivity index is 1.43. The molecule has 0 spiro atoms. The van der Waals surface area contributed by atoms with Gasteiger partial charge >= 0.3 is 0 Å². The Hall–Kier alpha value is -4.81. The summed E-state index contributed by atoms with van der Waals surface area (Å²) in [6.45, 7) is 4.02. The molecule has 1 heterocycles. The predicted molar refractivity (Wildman–Crippen MR) is 164 cm³/mol. The Morgan fingerprint density at radius 3 is 1.78 bits per heavy atom. The smallest absolute Gasteiger partial charge is 0.120 e. The molecule has 0 atom stereocenters. The molecule has 0 aliphatic carbocycles. The summed E-state index contributed by atoms with van der Waals surface area (Å²) in [6.07, 6.45) is 1.82. The van der Waals surface area contributed by atoms with Crippen molar-refractivity contribution in [2.45, 2.75) is 26.6 Å². The molecule has 41 heavy (non-hydrogen) atoms. The maximum atomic E-state index is 10.5. The number of aromatic nitrogens is 1. The average Bonchev–Trinajstić information content (AvgIpc) is 3.01. The van der Waals surface area contributed by atoms with E-state index in [1.165, 1.54) is 5.56 Å². The Morgan fingerprint density at radius 1 is 0.659 bits per heavy atom. The van der Waals surface area contributed by atoms with E-state index in [9.17, 15) is 5.11 Å². The van der Waals surface area contributed by atoms with Crippen LogP contribution >= 0.6 is 0 Å². The molecule has 1 aromatic heterocycles. The third kappa shape index (κ3) is 7.04. The maximum Gasteiger partial charge on any atom is 0.120 e. The van der Waals surface area contributed by atoms with Crippen LogP contribution in [-0.2, 0) is 19.6 Å². The minimum Gasteiger partial charge on any atom is -0.508 e. The molecule has 4 aromatic carbocycles. The minimum atomic E-state index is 0.312. The topological polar surface area (TPSA) is 58.1 Å². The molecule has 0 aliphatic heterocycles. The van der Waals surface area contributed by atoms with Gasteiger partial charge in [-0.1, -0.05) is 35.9 Å². The van der Waals surface area contributed by atoms with Crippen molar-refractivity contribution >= 4 is 17.1 Å². The van der Waals surface area contributed by atoms with Gasteiger partial charge in [-0.15, -0.1) is 0 Å². The number of benzene rings is 4. The van der Waals surface area contributed by atoms with Crippen LogP contribution in [0.1, 0.15) is 22.4 Å². The molecule has 6 heteroatoms. The van der Waals surface area contributed by atoms with Crippen LogP contribution in [0.3, 0.4) is 0 Å². The normalized spacial score (nSPS) is 10.9. The summed E-state index contributed by atoms with van der Waals surface area (Å²) in [5.74, 6) is 1.93. The van der Waals surface area contributed by atoms with Gasteiger partial charge in [-0.2, -0.15) is 0 Å². The van der Waals surface area contributed by atoms with Crippen molar-refractivity contribution in [2.75, 3.05) is 19.1 Å². The van der Waals surface area contributed by atoms with Gasteiger partial charge in [-0.25, -0.2) is 0 Å². The molecule has 5 aromatic rings. The molecule has 0 amide bonds. The second-order valence-electron chi connectivity index (χ2n) is 10.00. The zero-order valence-corrected chi connectivity index (χ0v) is 23.7. The Morgan fingerprint density at radius 2 is 1.24 bits per heavy atom. The Kier molecular flexibility index (Phi) is 8.82. The Bertz CT molecular complexity index is 1490. The molecular formula is C35H35N3O3. The molecule has 0 bridgehead atoms. The molecular weight excluding hydrogens is 510 g/mol. The molecule has 5 rings (SSSR count). The van der Waals surface area contributed by atoms with Gasteiger partial charge in [0.15, 0.2) is 0 Å². The van der Waals surface area contributed by atoms with Crippen LogP contribution in [0.2, 0.25) is 0 Å². The molecule has 1 N–H and O–H groups in total. The van der Waals surface area contributed by atoms with Crippen LogP contribution in [0.4, 0.5) is 17.1 Å². The number of methoxy groups -OCH3 is 2. The van der Waals surface area contributed by atoms with E-state index in [1.54, 1.807) is 20.3 Å². The lowest BCUT2D eigenvalue weighted by atomic mass is 10.1. The molecule has 0 aliphatic rings. The maximum absolute atomic E-state index is 10.5. The summed E-state index contributed by atoms with van der Waals surface area (Å²) in [6, 6.07) is 36.4. The highest BCUT2D eigenvalue weighted by Gasteiger charge is 2.15. The molecule has 6 nitrogen and oxygen atoms in total. The van der Waals surface area contributed by atoms with Crippen LogP contribution in [0.5, 0.6) is 17.2 Å². The van der Waals surface area contributed by atoms with Crippen LogP contribution in [0, 0.1) is 6.92 Å². The van der Waals surface area contributed by atoms with Gasteiger partial charge in [0.2, 0.25) is 0 Å². The first kappa shape index (κ1) is 27.7. The highest BCUT2D eigenvalue weighted by atomic mass is 16.5. The lowest BCUT2D eigenvalue weighted by Crippen LogP contribution is -2.23. The third-order valence-electron chi connectivity index (χ3n) is 7.00. The lowest BCUT2D eigenvalue weighted by molar-refractivity contribution is 0.241. The standard InChI is InChI=1S/C35H35N3O3/c1-26-7-20-35(39)28(22-26)24-37(25-29-6-4-5-21-36-29)23-27-8-10-30(11-9-27)38(31-12-16-33(40-2)17-13-31)32-14-18-34(41-3)19-15-32/h4-22,39H,23-25H2,1-3H3. The van der Waals surface area contributed by atoms with Crippen molar-refractivity contribution < 1.29 is 14.6 Å². The van der Waals surface area contributed by atoms with E-state index in [0.717, 1.165) is 45.4 Å². The summed E-state index contributed by atoms with van der Waals surface area (Å²) < 4.78 is 10.8. The van der Waals surface area contributed by atoms with Gasteiger partial charge < -0.3 is 19.5 Å². The van der Waals surface area contributed by atoms with Gasteiger partial charge in [0, 0.05) is 48.5 Å². The molecule has 0 unspecified atom stereocenters. The second-order valence-corrected chi connectivity index (χ2v) is 10.00. The molecule has 0 radical (unpaired) electrons. The number of anilines is 3. The minimum absolute atomic E-state index is 0.312. The highest BCUT2D eigenvalue weighted by Crippen LogP contribution is 2.36. The summed E-state index contributed by atoms with van der Waals surface area (Å²) in [5.41, 5.74) is 7.27. The first-order valence-electron chi connectivity index (χ1n) is 13.6. The summed E-state index contributed by atoms with van der Waals surface area (Å²) in [7, 11) is 3.35. The number of phenols is 1. The number of hydrogen-bond donors (Lipinski definition) is 1. The van der Waals surface area contributed by atoms with E-state index in [2.05, 4.69) is 63.3 Å². The number of rotatable bonds is 11. The molecule has 0 saturated carbocycles. The van der Waals surface area contributed by atoms with Crippen molar-refractivity contribution in [3.8, 4) is 17.2 Å². The predicted octanol–water partition coefficient (Wildman–Crippen LogP) is 7.79. The number of nitrogens with zero attached hydrogens (tertiary/aromatic N) is 3. The fraction of sp³-hybridized carbons (Fsp3) is 0.171. The van der Waals surface area contributed by atoms with Gasteiger partial charge in [0.1, 0.15) is 17.2 Å². The SMILES string of the molecule is COc1ccc(N(c2ccc(CN(Cc3ccccn3)Cc3cc(C)ccc3O)cc2)c2ccc(OC)cc2)cc1. The molecule has 208 valence electrons. The second kappa shape index (κ2) is 13.0. The van der Waals surface area contributed by atoms with Gasteiger partial charge in [0.05, 0.1) is 19.9 Å². The first-order valence-corrected chi connectivity index (χ1v) is 13.6. The van der Waals surface area contributed by atoms with Crippen molar-refractivity contribution in [1.29, 1.82) is 0 Å². The zero-order chi connectivity index (χ0) is 28.6. The van der Waals surface area contributed by atoms with E-state index in [1.807, 2.05) is 67.7 Å². The average molecular weight is 546 g/mol. The number of hydrogen-bond acceptors (Lipinski definition) is 6. The largest absolute Gasteiger partial charge is 0.508 e. The number of aromatic hydroxyl groups is 1. The summed E-state index contributed by atoms with van der Waals surface area (Å²) in [4.78, 5) is 9.05. The summed E-state index contributed by atoms with van der Waals surface area (Å²) >= 11 is 0. The van der Waals surface area contributed by atoms with E-state index < -0.39 is 0 Å². The van der Waals surface area contributed by atoms with E-state index in [0.29, 0.717) is 25.4 Å². The van der Waals surface area contributed by atoms with Crippen LogP contribution in [0.15, 0.2) is 115 Å². The highest BCUT2D eigenvalue weighted by molar-refractivity contribution is 5.77. The van der Waals surface area contributed by atoms with Crippen LogP contribution < -0.4 is 14.4 Å². The van der Waals surface area contributed by atoms with Crippen LogP contribution in [0.25, 0.3) is 0 Å². The van der Waals surface area contributed by atoms with Gasteiger partial charge in [-0.3, -0.25) is 9.88 Å². The van der Waals surface area contributed by atoms with Crippen molar-refractivity contribution in [3.63, 3.8) is 0 Å². The van der Waals surface area contributed by atoms with Gasteiger partial charge in [0.25, 0.3) is 0 Å². The number of aryl methyl sites for hydroxylation is 1. The van der Waals surface area contributed by atoms with E-state index in [-0.39, 0.29) is 0 Å². The molecule has 0 fully saturated rings. The first-order chi connectivity index (χ1) is 20.0. The monoisotopic (exact) mass is 545 g/mol. The fourth-order valence-electron chi connectivity index (χ4n) is 4.89. The quantitative estimate of drug-likeness (QED) is 0.183. The molecule has 0 saturated heterocycles. The zero-order valence-electron chi connectivity index (χ0n) is 23.7. The number of phenolic OH excluding ortho intramolecular Hbond substituents is 1. The van der Waals surface area contributed by atoms with Crippen LogP contribution in [-0.4, -0.2) is 29.2 Å². The van der Waals surface area contributed by atoms with Crippen molar-refractivity contribution in [3.05, 3.63) is 138 Å². The fourth-order valence-corrected chi connectivity index (χ4v) is 4.89. The number of ether oxygens (including phenoxy) is 2. The van der Waals surface area contributed by atoms with Crippen molar-refractivity contribution in [2.24, 2.45) is 0 Å². The van der Waals surface area contributed by atoms with E-state index in [4.69, 9.17) is 9.47 Å². The van der Waals surface area contributed by atoms with E-state index >= 15 is 0 Å². The lowest BCUT2D eigenvalue weighted by Gasteiger charge is -2.27. The van der Waals surface area contributed by atoms with Crippen molar-refractivity contribution in [1.82, 2.24) is 9.88 Å². The van der Waals surface area contributed by atoms with Gasteiger partial charge in [-0.05, 0) is 91.3 Å². The summed E-state index contributed by atoms with van der Waals surface area (Å²) in [5, 5.41) is 10.5. The third-order valence-corrected chi connectivity index (χ3v) is 7.00.